The number of esters is 1. The molecule has 0 amide bonds. The van der Waals surface area contributed by atoms with Crippen molar-refractivity contribution in [1.82, 2.24) is 9.88 Å². The van der Waals surface area contributed by atoms with Gasteiger partial charge in [-0.1, -0.05) is 0 Å². The summed E-state index contributed by atoms with van der Waals surface area (Å²) in [6.45, 7) is 3.03. The molecule has 2 unspecified atom stereocenters. The summed E-state index contributed by atoms with van der Waals surface area (Å²) in [6, 6.07) is -0.350. The third kappa shape index (κ3) is 2.83. The molecule has 0 aliphatic carbocycles. The van der Waals surface area contributed by atoms with Gasteiger partial charge in [-0.2, -0.15) is 0 Å². The molecule has 0 bridgehead atoms. The van der Waals surface area contributed by atoms with Gasteiger partial charge in [-0.05, 0) is 6.92 Å². The van der Waals surface area contributed by atoms with Gasteiger partial charge in [0.2, 0.25) is 0 Å². The standard InChI is InChI=1S/C11H16N2O3S/c1-7-12-8(6-17-7)4-13-5-9(14)3-10(13)11(15)16-2/h6,9-10,14H,3-5H2,1-2H3. The van der Waals surface area contributed by atoms with Crippen molar-refractivity contribution >= 4 is 17.3 Å². The number of hydrogen-bond donors (Lipinski definition) is 1. The number of hydrogen-bond acceptors (Lipinski definition) is 6. The summed E-state index contributed by atoms with van der Waals surface area (Å²) in [5.74, 6) is -0.284. The van der Waals surface area contributed by atoms with E-state index in [0.717, 1.165) is 10.7 Å². The minimum absolute atomic E-state index is 0.284. The molecule has 94 valence electrons. The van der Waals surface area contributed by atoms with Gasteiger partial charge in [0.25, 0.3) is 0 Å². The lowest BCUT2D eigenvalue weighted by atomic mass is 10.2. The van der Waals surface area contributed by atoms with Crippen LogP contribution in [0.3, 0.4) is 0 Å². The fraction of sp³-hybridized carbons (Fsp3) is 0.636. The average Bonchev–Trinajstić information content (AvgIpc) is 2.85. The zero-order chi connectivity index (χ0) is 12.4. The summed E-state index contributed by atoms with van der Waals surface area (Å²) in [5.41, 5.74) is 0.940. The van der Waals surface area contributed by atoms with E-state index in [4.69, 9.17) is 4.74 Å². The summed E-state index contributed by atoms with van der Waals surface area (Å²) in [7, 11) is 1.37. The molecule has 5 nitrogen and oxygen atoms in total. The minimum Gasteiger partial charge on any atom is -0.468 e. The van der Waals surface area contributed by atoms with Crippen molar-refractivity contribution in [3.05, 3.63) is 16.1 Å². The molecule has 2 rings (SSSR count). The predicted molar refractivity (Wildman–Crippen MR) is 63.7 cm³/mol. The number of ether oxygens (including phenoxy) is 1. The van der Waals surface area contributed by atoms with Crippen molar-refractivity contribution in [3.63, 3.8) is 0 Å². The lowest BCUT2D eigenvalue weighted by Crippen LogP contribution is -2.36. The van der Waals surface area contributed by atoms with Crippen LogP contribution in [0.1, 0.15) is 17.1 Å². The van der Waals surface area contributed by atoms with Gasteiger partial charge < -0.3 is 9.84 Å². The number of aliphatic hydroxyl groups is 1. The van der Waals surface area contributed by atoms with E-state index in [1.54, 1.807) is 11.3 Å². The lowest BCUT2D eigenvalue weighted by molar-refractivity contribution is -0.146. The Morgan fingerprint density at radius 2 is 2.53 bits per heavy atom. The molecule has 1 aromatic heterocycles. The van der Waals surface area contributed by atoms with E-state index in [-0.39, 0.29) is 12.0 Å². The second kappa shape index (κ2) is 5.12. The summed E-state index contributed by atoms with van der Waals surface area (Å²) < 4.78 is 4.75. The maximum absolute atomic E-state index is 11.6. The number of thiazole rings is 1. The number of carbonyl (C=O) groups is 1. The Bertz CT molecular complexity index is 407. The van der Waals surface area contributed by atoms with Gasteiger partial charge in [0, 0.05) is 24.9 Å². The van der Waals surface area contributed by atoms with Gasteiger partial charge in [0.05, 0.1) is 23.9 Å². The highest BCUT2D eigenvalue weighted by atomic mass is 32.1. The van der Waals surface area contributed by atoms with Gasteiger partial charge in [0.15, 0.2) is 0 Å². The highest BCUT2D eigenvalue weighted by Crippen LogP contribution is 2.22. The number of likely N-dealkylation sites (tertiary alicyclic amines) is 1. The molecule has 0 aromatic carbocycles. The van der Waals surface area contributed by atoms with Crippen LogP contribution in [0, 0.1) is 6.92 Å². The molecule has 1 fully saturated rings. The van der Waals surface area contributed by atoms with Crippen LogP contribution >= 0.6 is 11.3 Å². The Morgan fingerprint density at radius 1 is 1.76 bits per heavy atom. The average molecular weight is 256 g/mol. The normalized spacial score (nSPS) is 25.1. The number of aliphatic hydroxyl groups excluding tert-OH is 1. The topological polar surface area (TPSA) is 62.7 Å². The predicted octanol–water partition coefficient (Wildman–Crippen LogP) is 0.560. The lowest BCUT2D eigenvalue weighted by Gasteiger charge is -2.20. The monoisotopic (exact) mass is 256 g/mol. The van der Waals surface area contributed by atoms with Crippen LogP contribution in [-0.2, 0) is 16.1 Å². The Hall–Kier alpha value is -0.980. The van der Waals surface area contributed by atoms with Crippen molar-refractivity contribution in [2.24, 2.45) is 0 Å². The van der Waals surface area contributed by atoms with E-state index in [9.17, 15) is 9.90 Å². The highest BCUT2D eigenvalue weighted by molar-refractivity contribution is 7.09. The molecule has 1 aliphatic rings. The maximum atomic E-state index is 11.6. The maximum Gasteiger partial charge on any atom is 0.323 e. The van der Waals surface area contributed by atoms with E-state index in [0.29, 0.717) is 19.5 Å². The summed E-state index contributed by atoms with van der Waals surface area (Å²) in [6.07, 6.45) is -0.0191. The molecule has 2 atom stereocenters. The van der Waals surface area contributed by atoms with Crippen LogP contribution in [-0.4, -0.2) is 46.8 Å². The Kier molecular flexibility index (Phi) is 3.76. The molecule has 0 saturated carbocycles. The zero-order valence-corrected chi connectivity index (χ0v) is 10.7. The summed E-state index contributed by atoms with van der Waals surface area (Å²) in [4.78, 5) is 17.9. The largest absolute Gasteiger partial charge is 0.468 e. The van der Waals surface area contributed by atoms with Gasteiger partial charge in [-0.15, -0.1) is 11.3 Å². The Labute approximate surface area is 104 Å². The molecule has 17 heavy (non-hydrogen) atoms. The second-order valence-corrected chi connectivity index (χ2v) is 5.28. The smallest absolute Gasteiger partial charge is 0.323 e. The number of carbonyl (C=O) groups excluding carboxylic acids is 1. The molecule has 1 saturated heterocycles. The van der Waals surface area contributed by atoms with Crippen molar-refractivity contribution < 1.29 is 14.6 Å². The number of β-amino-alcohol motifs (C(OH)–C–C–N with tert-alkyl or cyclic N) is 1. The number of aromatic nitrogens is 1. The van der Waals surface area contributed by atoms with Crippen LogP contribution in [0.25, 0.3) is 0 Å². The van der Waals surface area contributed by atoms with Gasteiger partial charge in [-0.3, -0.25) is 9.69 Å². The first-order chi connectivity index (χ1) is 8.10. The first-order valence-electron chi connectivity index (χ1n) is 5.51. The van der Waals surface area contributed by atoms with E-state index < -0.39 is 6.10 Å². The van der Waals surface area contributed by atoms with E-state index in [1.807, 2.05) is 17.2 Å². The minimum atomic E-state index is -0.459. The summed E-state index contributed by atoms with van der Waals surface area (Å²) >= 11 is 1.59. The Balaban J connectivity index is 2.05. The van der Waals surface area contributed by atoms with Crippen molar-refractivity contribution in [1.29, 1.82) is 0 Å². The van der Waals surface area contributed by atoms with Crippen LogP contribution in [0.5, 0.6) is 0 Å². The van der Waals surface area contributed by atoms with Crippen molar-refractivity contribution in [2.45, 2.75) is 32.0 Å². The summed E-state index contributed by atoms with van der Waals surface area (Å²) in [5, 5.41) is 12.6. The Morgan fingerprint density at radius 3 is 3.12 bits per heavy atom. The zero-order valence-electron chi connectivity index (χ0n) is 9.92. The quantitative estimate of drug-likeness (QED) is 0.801. The number of methoxy groups -OCH3 is 1. The van der Waals surface area contributed by atoms with Crippen molar-refractivity contribution in [2.75, 3.05) is 13.7 Å². The third-order valence-electron chi connectivity index (χ3n) is 2.89. The van der Waals surface area contributed by atoms with Gasteiger partial charge in [-0.25, -0.2) is 4.98 Å². The third-order valence-corrected chi connectivity index (χ3v) is 3.71. The molecule has 0 spiro atoms. The molecular weight excluding hydrogens is 240 g/mol. The first kappa shape index (κ1) is 12.5. The molecule has 2 heterocycles. The van der Waals surface area contributed by atoms with Crippen LogP contribution in [0.15, 0.2) is 5.38 Å². The van der Waals surface area contributed by atoms with Crippen LogP contribution in [0.4, 0.5) is 0 Å². The number of rotatable bonds is 3. The first-order valence-corrected chi connectivity index (χ1v) is 6.39. The van der Waals surface area contributed by atoms with Crippen LogP contribution < -0.4 is 0 Å². The molecule has 0 radical (unpaired) electrons. The molecule has 6 heteroatoms. The van der Waals surface area contributed by atoms with E-state index in [2.05, 4.69) is 4.98 Å². The van der Waals surface area contributed by atoms with E-state index >= 15 is 0 Å². The van der Waals surface area contributed by atoms with Gasteiger partial charge >= 0.3 is 5.97 Å². The highest BCUT2D eigenvalue weighted by Gasteiger charge is 2.36. The SMILES string of the molecule is COC(=O)C1CC(O)CN1Cc1csc(C)n1. The fourth-order valence-electron chi connectivity index (χ4n) is 2.12. The number of nitrogens with zero attached hydrogens (tertiary/aromatic N) is 2. The van der Waals surface area contributed by atoms with Crippen LogP contribution in [0.2, 0.25) is 0 Å². The molecule has 1 aliphatic heterocycles. The van der Waals surface area contributed by atoms with E-state index in [1.165, 1.54) is 7.11 Å². The van der Waals surface area contributed by atoms with Crippen molar-refractivity contribution in [3.8, 4) is 0 Å². The fourth-order valence-corrected chi connectivity index (χ4v) is 2.73. The molecular formula is C11H16N2O3S. The molecule has 1 N–H and O–H groups in total. The van der Waals surface area contributed by atoms with Gasteiger partial charge in [0.1, 0.15) is 6.04 Å². The number of aryl methyl sites for hydroxylation is 1. The molecule has 1 aromatic rings. The second-order valence-electron chi connectivity index (χ2n) is 4.22.